The van der Waals surface area contributed by atoms with Gasteiger partial charge in [0.05, 0.1) is 40.3 Å². The third-order valence-corrected chi connectivity index (χ3v) is 7.84. The molecule has 3 heterocycles. The van der Waals surface area contributed by atoms with Crippen LogP contribution in [0.4, 0.5) is 5.69 Å². The minimum Gasteiger partial charge on any atom is -0.345 e. The summed E-state index contributed by atoms with van der Waals surface area (Å²) in [5.41, 5.74) is 1.14. The number of anilines is 1. The van der Waals surface area contributed by atoms with Gasteiger partial charge in [0.15, 0.2) is 9.84 Å². The highest BCUT2D eigenvalue weighted by Crippen LogP contribution is 2.40. The van der Waals surface area contributed by atoms with E-state index in [0.29, 0.717) is 27.7 Å². The molecule has 0 bridgehead atoms. The number of nitrogens with one attached hydrogen (secondary N) is 3. The topological polar surface area (TPSA) is 162 Å². The standard InChI is InChI=1S/C25H21N5O5S/c26-10-14-8-18(12-27-11-14)29-25(33)21-19(15-2-1-3-15)5-4-16-9-20(24(32)30-22(16)21)23(31)28-17-6-7-36(34,35)13-17/h4-9,11-12,15,17H,1-3,13H2,(H,28,31)(H,29,33)(H,30,32)/t17-/m1/s1. The van der Waals surface area contributed by atoms with Gasteiger partial charge in [-0.15, -0.1) is 0 Å². The maximum Gasteiger partial charge on any atom is 0.261 e. The lowest BCUT2D eigenvalue weighted by molar-refractivity contribution is 0.0945. The van der Waals surface area contributed by atoms with Gasteiger partial charge in [-0.3, -0.25) is 19.4 Å². The van der Waals surface area contributed by atoms with E-state index in [4.69, 9.17) is 5.26 Å². The predicted octanol–water partition coefficient (Wildman–Crippen LogP) is 2.36. The number of fused-ring (bicyclic) bond motifs is 1. The van der Waals surface area contributed by atoms with Crippen molar-refractivity contribution in [2.75, 3.05) is 11.1 Å². The molecule has 1 fully saturated rings. The molecule has 182 valence electrons. The summed E-state index contributed by atoms with van der Waals surface area (Å²) < 4.78 is 23.2. The maximum absolute atomic E-state index is 13.4. The first kappa shape index (κ1) is 23.4. The first-order valence-corrected chi connectivity index (χ1v) is 13.0. The summed E-state index contributed by atoms with van der Waals surface area (Å²) in [6, 6.07) is 7.74. The summed E-state index contributed by atoms with van der Waals surface area (Å²) in [4.78, 5) is 45.8. The van der Waals surface area contributed by atoms with Crippen LogP contribution in [0.15, 0.2) is 52.9 Å². The van der Waals surface area contributed by atoms with E-state index in [9.17, 15) is 22.8 Å². The normalized spacial score (nSPS) is 18.4. The van der Waals surface area contributed by atoms with E-state index in [1.54, 1.807) is 6.07 Å². The predicted molar refractivity (Wildman–Crippen MR) is 132 cm³/mol. The molecule has 2 amide bonds. The molecular weight excluding hydrogens is 482 g/mol. The number of nitrogens with zero attached hydrogens (tertiary/aromatic N) is 2. The first-order valence-electron chi connectivity index (χ1n) is 11.3. The second-order valence-electron chi connectivity index (χ2n) is 8.90. The molecule has 1 saturated carbocycles. The minimum atomic E-state index is -3.37. The fourth-order valence-corrected chi connectivity index (χ4v) is 5.67. The Morgan fingerprint density at radius 1 is 1.14 bits per heavy atom. The largest absolute Gasteiger partial charge is 0.345 e. The lowest BCUT2D eigenvalue weighted by Crippen LogP contribution is -2.38. The van der Waals surface area contributed by atoms with E-state index >= 15 is 0 Å². The zero-order chi connectivity index (χ0) is 25.4. The lowest BCUT2D eigenvalue weighted by Gasteiger charge is -2.28. The molecule has 0 saturated heterocycles. The Bertz CT molecular complexity index is 1650. The van der Waals surface area contributed by atoms with Crippen LogP contribution in [0.5, 0.6) is 0 Å². The van der Waals surface area contributed by atoms with Crippen molar-refractivity contribution < 1.29 is 18.0 Å². The molecule has 3 aromatic rings. The molecular formula is C25H21N5O5S. The second-order valence-corrected chi connectivity index (χ2v) is 10.8. The van der Waals surface area contributed by atoms with Crippen LogP contribution >= 0.6 is 0 Å². The number of aromatic nitrogens is 2. The van der Waals surface area contributed by atoms with E-state index in [1.807, 2.05) is 12.1 Å². The molecule has 5 rings (SSSR count). The Labute approximate surface area is 206 Å². The fourth-order valence-electron chi connectivity index (χ4n) is 4.44. The van der Waals surface area contributed by atoms with Gasteiger partial charge in [-0.05, 0) is 47.9 Å². The van der Waals surface area contributed by atoms with Crippen LogP contribution in [-0.2, 0) is 9.84 Å². The number of sulfone groups is 1. The van der Waals surface area contributed by atoms with Gasteiger partial charge in [0.1, 0.15) is 11.6 Å². The number of benzene rings is 1. The van der Waals surface area contributed by atoms with Gasteiger partial charge in [-0.25, -0.2) is 8.42 Å². The van der Waals surface area contributed by atoms with Gasteiger partial charge in [0.25, 0.3) is 17.4 Å². The highest BCUT2D eigenvalue weighted by Gasteiger charge is 2.28. The number of carbonyl (C=O) groups is 2. The monoisotopic (exact) mass is 503 g/mol. The molecule has 2 aliphatic rings. The number of amides is 2. The maximum atomic E-state index is 13.4. The number of hydrogen-bond donors (Lipinski definition) is 3. The molecule has 1 aliphatic carbocycles. The Morgan fingerprint density at radius 3 is 2.61 bits per heavy atom. The Balaban J connectivity index is 1.53. The Hall–Kier alpha value is -4.30. The van der Waals surface area contributed by atoms with Crippen LogP contribution < -0.4 is 16.2 Å². The zero-order valence-corrected chi connectivity index (χ0v) is 19.8. The molecule has 0 spiro atoms. The van der Waals surface area contributed by atoms with Crippen LogP contribution in [-0.4, -0.2) is 42.0 Å². The molecule has 1 aliphatic heterocycles. The van der Waals surface area contributed by atoms with Crippen molar-refractivity contribution in [2.24, 2.45) is 0 Å². The molecule has 1 atom stereocenters. The van der Waals surface area contributed by atoms with Crippen molar-refractivity contribution in [1.29, 1.82) is 5.26 Å². The molecule has 3 N–H and O–H groups in total. The average Bonchev–Trinajstić information content (AvgIpc) is 3.15. The third kappa shape index (κ3) is 4.50. The van der Waals surface area contributed by atoms with Crippen molar-refractivity contribution in [3.05, 3.63) is 80.8 Å². The van der Waals surface area contributed by atoms with Crippen molar-refractivity contribution in [3.63, 3.8) is 0 Å². The van der Waals surface area contributed by atoms with Crippen molar-refractivity contribution >= 4 is 38.2 Å². The number of aromatic amines is 1. The van der Waals surface area contributed by atoms with Crippen molar-refractivity contribution in [3.8, 4) is 6.07 Å². The number of nitriles is 1. The molecule has 10 nitrogen and oxygen atoms in total. The number of hydrogen-bond acceptors (Lipinski definition) is 7. The summed E-state index contributed by atoms with van der Waals surface area (Å²) in [6.07, 6.45) is 7.05. The summed E-state index contributed by atoms with van der Waals surface area (Å²) in [5.74, 6) is -1.27. The molecule has 0 radical (unpaired) electrons. The Morgan fingerprint density at radius 2 is 1.94 bits per heavy atom. The summed E-state index contributed by atoms with van der Waals surface area (Å²) >= 11 is 0. The first-order chi connectivity index (χ1) is 17.2. The van der Waals surface area contributed by atoms with Gasteiger partial charge < -0.3 is 15.6 Å². The van der Waals surface area contributed by atoms with Gasteiger partial charge in [-0.1, -0.05) is 18.6 Å². The van der Waals surface area contributed by atoms with E-state index in [2.05, 4.69) is 20.6 Å². The lowest BCUT2D eigenvalue weighted by atomic mass is 9.77. The van der Waals surface area contributed by atoms with Gasteiger partial charge in [-0.2, -0.15) is 5.26 Å². The SMILES string of the molecule is N#Cc1cncc(NC(=O)c2c(C3CCC3)ccc3cc(C(=O)N[C@@H]4C=CS(=O)(=O)C4)c(=O)[nH]c23)c1. The highest BCUT2D eigenvalue weighted by atomic mass is 32.2. The van der Waals surface area contributed by atoms with Crippen LogP contribution in [0.2, 0.25) is 0 Å². The van der Waals surface area contributed by atoms with Crippen LogP contribution in [0.1, 0.15) is 57.0 Å². The van der Waals surface area contributed by atoms with Crippen molar-refractivity contribution in [1.82, 2.24) is 15.3 Å². The van der Waals surface area contributed by atoms with Gasteiger partial charge in [0.2, 0.25) is 0 Å². The van der Waals surface area contributed by atoms with E-state index in [0.717, 1.165) is 30.2 Å². The summed E-state index contributed by atoms with van der Waals surface area (Å²) in [6.45, 7) is 0. The third-order valence-electron chi connectivity index (χ3n) is 6.44. The quantitative estimate of drug-likeness (QED) is 0.481. The van der Waals surface area contributed by atoms with E-state index < -0.39 is 33.3 Å². The van der Waals surface area contributed by atoms with Crippen molar-refractivity contribution in [2.45, 2.75) is 31.2 Å². The number of H-pyrrole nitrogens is 1. The zero-order valence-electron chi connectivity index (χ0n) is 18.9. The average molecular weight is 504 g/mol. The molecule has 0 unspecified atom stereocenters. The minimum absolute atomic E-state index is 0.168. The van der Waals surface area contributed by atoms with Gasteiger partial charge >= 0.3 is 0 Å². The Kier molecular flexibility index (Phi) is 5.89. The number of carbonyl (C=O) groups excluding carboxylic acids is 2. The molecule has 36 heavy (non-hydrogen) atoms. The smallest absolute Gasteiger partial charge is 0.261 e. The second kappa shape index (κ2) is 9.05. The van der Waals surface area contributed by atoms with E-state index in [1.165, 1.54) is 30.6 Å². The molecule has 11 heteroatoms. The van der Waals surface area contributed by atoms with Crippen LogP contribution in [0.25, 0.3) is 10.9 Å². The molecule has 2 aromatic heterocycles. The van der Waals surface area contributed by atoms with Crippen LogP contribution in [0.3, 0.4) is 0 Å². The number of pyridine rings is 2. The fraction of sp³-hybridized carbons (Fsp3) is 0.240. The molecule has 1 aromatic carbocycles. The van der Waals surface area contributed by atoms with Crippen LogP contribution in [0, 0.1) is 11.3 Å². The highest BCUT2D eigenvalue weighted by molar-refractivity contribution is 7.94. The van der Waals surface area contributed by atoms with E-state index in [-0.39, 0.29) is 17.2 Å². The summed E-state index contributed by atoms with van der Waals surface area (Å²) in [7, 11) is -3.37. The van der Waals surface area contributed by atoms with Gasteiger partial charge in [0, 0.05) is 11.6 Å². The summed E-state index contributed by atoms with van der Waals surface area (Å²) in [5, 5.41) is 15.9. The number of rotatable bonds is 5.